The number of rotatable bonds is 3. The predicted octanol–water partition coefficient (Wildman–Crippen LogP) is 2.97. The van der Waals surface area contributed by atoms with E-state index in [4.69, 9.17) is 4.74 Å². The number of nitrogens with zero attached hydrogens (tertiary/aromatic N) is 5. The summed E-state index contributed by atoms with van der Waals surface area (Å²) in [5, 5.41) is 3.21. The van der Waals surface area contributed by atoms with Crippen molar-refractivity contribution in [3.8, 4) is 0 Å². The number of hydrogen-bond acceptors (Lipinski definition) is 6. The van der Waals surface area contributed by atoms with E-state index in [1.807, 2.05) is 34.6 Å². The van der Waals surface area contributed by atoms with Crippen LogP contribution < -0.4 is 5.32 Å². The molecule has 1 N–H and O–H groups in total. The second-order valence-electron chi connectivity index (χ2n) is 7.82. The largest absolute Gasteiger partial charge is 0.444 e. The van der Waals surface area contributed by atoms with Gasteiger partial charge in [0.15, 0.2) is 17.0 Å². The van der Waals surface area contributed by atoms with Gasteiger partial charge in [-0.1, -0.05) is 0 Å². The Morgan fingerprint density at radius 1 is 1.38 bits per heavy atom. The molecule has 0 radical (unpaired) electrons. The van der Waals surface area contributed by atoms with Crippen molar-refractivity contribution in [1.29, 1.82) is 0 Å². The molecule has 142 valence electrons. The lowest BCUT2D eigenvalue weighted by atomic mass is 10.2. The normalized spacial score (nSPS) is 18.0. The molecular formula is C17H25FN6O2. The van der Waals surface area contributed by atoms with Gasteiger partial charge in [-0.05, 0) is 41.0 Å². The summed E-state index contributed by atoms with van der Waals surface area (Å²) in [7, 11) is 0. The van der Waals surface area contributed by atoms with Gasteiger partial charge in [-0.25, -0.2) is 9.78 Å². The summed E-state index contributed by atoms with van der Waals surface area (Å²) in [5.41, 5.74) is 0.446. The highest BCUT2D eigenvalue weighted by molar-refractivity contribution is 5.83. The van der Waals surface area contributed by atoms with Gasteiger partial charge in [-0.3, -0.25) is 0 Å². The van der Waals surface area contributed by atoms with Crippen LogP contribution in [-0.4, -0.2) is 55.2 Å². The lowest BCUT2D eigenvalue weighted by Gasteiger charge is -2.24. The SMILES string of the molecule is CC(C)n1cnc2c(N[C@H]3CCN(C(=O)OC(C)(C)C)C3)nc(F)nc21. The Morgan fingerprint density at radius 2 is 2.12 bits per heavy atom. The molecule has 1 atom stereocenters. The van der Waals surface area contributed by atoms with Gasteiger partial charge >= 0.3 is 12.2 Å². The van der Waals surface area contributed by atoms with E-state index in [2.05, 4.69) is 20.3 Å². The average molecular weight is 364 g/mol. The van der Waals surface area contributed by atoms with E-state index in [9.17, 15) is 9.18 Å². The molecule has 2 aromatic rings. The smallest absolute Gasteiger partial charge is 0.410 e. The molecule has 1 aliphatic heterocycles. The van der Waals surface area contributed by atoms with Crippen LogP contribution in [0.4, 0.5) is 15.0 Å². The predicted molar refractivity (Wildman–Crippen MR) is 95.5 cm³/mol. The van der Waals surface area contributed by atoms with Gasteiger partial charge in [0, 0.05) is 25.2 Å². The zero-order valence-corrected chi connectivity index (χ0v) is 15.8. The molecule has 9 heteroatoms. The number of hydrogen-bond donors (Lipinski definition) is 1. The third kappa shape index (κ3) is 3.86. The fourth-order valence-corrected chi connectivity index (χ4v) is 2.93. The van der Waals surface area contributed by atoms with Crippen molar-refractivity contribution in [2.24, 2.45) is 0 Å². The summed E-state index contributed by atoms with van der Waals surface area (Å²) in [6, 6.07) is 0.0560. The molecule has 1 amide bonds. The third-order valence-corrected chi connectivity index (χ3v) is 4.13. The summed E-state index contributed by atoms with van der Waals surface area (Å²) < 4.78 is 21.1. The van der Waals surface area contributed by atoms with Gasteiger partial charge in [0.1, 0.15) is 5.60 Å². The van der Waals surface area contributed by atoms with Gasteiger partial charge in [0.2, 0.25) is 0 Å². The molecule has 3 heterocycles. The number of ether oxygens (including phenoxy) is 1. The highest BCUT2D eigenvalue weighted by atomic mass is 19.1. The molecular weight excluding hydrogens is 339 g/mol. The van der Waals surface area contributed by atoms with Crippen LogP contribution in [0.5, 0.6) is 0 Å². The number of carbonyl (C=O) groups is 1. The minimum atomic E-state index is -0.801. The number of amides is 1. The van der Waals surface area contributed by atoms with Crippen LogP contribution in [0.15, 0.2) is 6.33 Å². The van der Waals surface area contributed by atoms with Crippen LogP contribution in [0.1, 0.15) is 47.1 Å². The number of nitrogens with one attached hydrogen (secondary N) is 1. The van der Waals surface area contributed by atoms with Crippen molar-refractivity contribution in [2.75, 3.05) is 18.4 Å². The van der Waals surface area contributed by atoms with E-state index >= 15 is 0 Å². The maximum absolute atomic E-state index is 13.9. The maximum Gasteiger partial charge on any atom is 0.410 e. The summed E-state index contributed by atoms with van der Waals surface area (Å²) in [6.45, 7) is 10.5. The topological polar surface area (TPSA) is 85.2 Å². The van der Waals surface area contributed by atoms with Gasteiger partial charge in [0.05, 0.1) is 6.33 Å². The van der Waals surface area contributed by atoms with Gasteiger partial charge in [0.25, 0.3) is 0 Å². The van der Waals surface area contributed by atoms with E-state index in [-0.39, 0.29) is 18.2 Å². The highest BCUT2D eigenvalue weighted by Gasteiger charge is 2.30. The Labute approximate surface area is 151 Å². The van der Waals surface area contributed by atoms with E-state index in [1.54, 1.807) is 15.8 Å². The molecule has 0 spiro atoms. The molecule has 3 rings (SSSR count). The molecule has 0 bridgehead atoms. The lowest BCUT2D eigenvalue weighted by Crippen LogP contribution is -2.36. The van der Waals surface area contributed by atoms with Crippen molar-refractivity contribution in [2.45, 2.75) is 58.7 Å². The van der Waals surface area contributed by atoms with Crippen LogP contribution in [-0.2, 0) is 4.74 Å². The minimum Gasteiger partial charge on any atom is -0.444 e. The number of halogens is 1. The quantitative estimate of drug-likeness (QED) is 0.843. The maximum atomic E-state index is 13.9. The third-order valence-electron chi connectivity index (χ3n) is 4.13. The Hall–Kier alpha value is -2.45. The van der Waals surface area contributed by atoms with E-state index in [0.29, 0.717) is 30.1 Å². The van der Waals surface area contributed by atoms with Gasteiger partial charge in [-0.2, -0.15) is 14.4 Å². The summed E-state index contributed by atoms with van der Waals surface area (Å²) in [6.07, 6.45) is 1.21. The van der Waals surface area contributed by atoms with Crippen LogP contribution >= 0.6 is 0 Å². The fraction of sp³-hybridized carbons (Fsp3) is 0.647. The molecule has 0 unspecified atom stereocenters. The molecule has 0 saturated carbocycles. The average Bonchev–Trinajstić information content (AvgIpc) is 3.11. The Kier molecular flexibility index (Phi) is 4.72. The zero-order valence-electron chi connectivity index (χ0n) is 15.8. The summed E-state index contributed by atoms with van der Waals surface area (Å²) in [4.78, 5) is 25.9. The summed E-state index contributed by atoms with van der Waals surface area (Å²) in [5.74, 6) is 0.350. The number of imidazole rings is 1. The Balaban J connectivity index is 1.75. The monoisotopic (exact) mass is 364 g/mol. The first kappa shape index (κ1) is 18.3. The number of likely N-dealkylation sites (tertiary alicyclic amines) is 1. The second kappa shape index (κ2) is 6.69. The van der Waals surface area contributed by atoms with Crippen LogP contribution in [0.25, 0.3) is 11.2 Å². The number of aromatic nitrogens is 4. The molecule has 2 aromatic heterocycles. The Morgan fingerprint density at radius 3 is 2.77 bits per heavy atom. The zero-order chi connectivity index (χ0) is 19.1. The number of carbonyl (C=O) groups excluding carboxylic acids is 1. The van der Waals surface area contributed by atoms with Gasteiger partial charge < -0.3 is 19.5 Å². The van der Waals surface area contributed by atoms with Crippen molar-refractivity contribution >= 4 is 23.1 Å². The molecule has 1 fully saturated rings. The standard InChI is InChI=1S/C17H25FN6O2/c1-10(2)24-9-19-12-13(21-15(18)22-14(12)24)20-11-6-7-23(8-11)16(25)26-17(3,4)5/h9-11H,6-8H2,1-5H3,(H,20,21,22)/t11-/m0/s1. The first-order chi connectivity index (χ1) is 12.1. The number of fused-ring (bicyclic) bond motifs is 1. The lowest BCUT2D eigenvalue weighted by molar-refractivity contribution is 0.0293. The molecule has 0 aromatic carbocycles. The Bertz CT molecular complexity index is 813. The van der Waals surface area contributed by atoms with Gasteiger partial charge in [-0.15, -0.1) is 0 Å². The van der Waals surface area contributed by atoms with E-state index < -0.39 is 11.7 Å². The van der Waals surface area contributed by atoms with Crippen molar-refractivity contribution in [3.63, 3.8) is 0 Å². The van der Waals surface area contributed by atoms with E-state index in [1.165, 1.54) is 0 Å². The molecule has 8 nitrogen and oxygen atoms in total. The van der Waals surface area contributed by atoms with Crippen molar-refractivity contribution in [1.82, 2.24) is 24.4 Å². The molecule has 1 aliphatic rings. The second-order valence-corrected chi connectivity index (χ2v) is 7.82. The van der Waals surface area contributed by atoms with Crippen LogP contribution in [0, 0.1) is 6.08 Å². The first-order valence-corrected chi connectivity index (χ1v) is 8.78. The minimum absolute atomic E-state index is 0.0516. The van der Waals surface area contributed by atoms with Crippen LogP contribution in [0.2, 0.25) is 0 Å². The highest BCUT2D eigenvalue weighted by Crippen LogP contribution is 2.24. The molecule has 26 heavy (non-hydrogen) atoms. The van der Waals surface area contributed by atoms with Crippen molar-refractivity contribution in [3.05, 3.63) is 12.4 Å². The van der Waals surface area contributed by atoms with Crippen LogP contribution in [0.3, 0.4) is 0 Å². The summed E-state index contributed by atoms with van der Waals surface area (Å²) >= 11 is 0. The van der Waals surface area contributed by atoms with Crippen molar-refractivity contribution < 1.29 is 13.9 Å². The first-order valence-electron chi connectivity index (χ1n) is 8.78. The molecule has 0 aliphatic carbocycles. The van der Waals surface area contributed by atoms with E-state index in [0.717, 1.165) is 6.42 Å². The number of anilines is 1. The fourth-order valence-electron chi connectivity index (χ4n) is 2.93. The molecule has 1 saturated heterocycles.